The van der Waals surface area contributed by atoms with E-state index in [1.807, 2.05) is 7.05 Å². The fourth-order valence-electron chi connectivity index (χ4n) is 2.71. The third-order valence-electron chi connectivity index (χ3n) is 3.60. The molecule has 4 heteroatoms. The van der Waals surface area contributed by atoms with Crippen molar-refractivity contribution in [2.45, 2.75) is 18.9 Å². The number of nitrogens with zero attached hydrogens (tertiary/aromatic N) is 1. The summed E-state index contributed by atoms with van der Waals surface area (Å²) in [5.41, 5.74) is 0.967. The maximum atomic E-state index is 13.0. The molecule has 98 valence electrons. The second kappa shape index (κ2) is 5.48. The monoisotopic (exact) mass is 251 g/mol. The molecule has 2 atom stereocenters. The zero-order chi connectivity index (χ0) is 13.1. The van der Waals surface area contributed by atoms with Gasteiger partial charge < -0.3 is 4.74 Å². The Kier molecular flexibility index (Phi) is 3.97. The second-order valence-electron chi connectivity index (χ2n) is 4.75. The van der Waals surface area contributed by atoms with Gasteiger partial charge in [0.05, 0.1) is 13.0 Å². The molecule has 1 fully saturated rings. The number of carbonyl (C=O) groups excluding carboxylic acids is 1. The Bertz CT molecular complexity index is 418. The molecule has 1 aromatic carbocycles. The number of ether oxygens (including phenoxy) is 1. The molecule has 1 saturated heterocycles. The first-order valence-corrected chi connectivity index (χ1v) is 6.17. The van der Waals surface area contributed by atoms with Gasteiger partial charge in [0, 0.05) is 6.04 Å². The minimum Gasteiger partial charge on any atom is -0.469 e. The fourth-order valence-corrected chi connectivity index (χ4v) is 2.71. The van der Waals surface area contributed by atoms with Crippen LogP contribution >= 0.6 is 0 Å². The van der Waals surface area contributed by atoms with Crippen LogP contribution in [0.15, 0.2) is 24.3 Å². The predicted octanol–water partition coefficient (Wildman–Crippen LogP) is 2.38. The molecule has 1 heterocycles. The van der Waals surface area contributed by atoms with Crippen LogP contribution in [0.4, 0.5) is 4.39 Å². The van der Waals surface area contributed by atoms with Crippen LogP contribution < -0.4 is 0 Å². The number of benzene rings is 1. The molecule has 0 saturated carbocycles. The number of rotatable bonds is 2. The lowest BCUT2D eigenvalue weighted by atomic mass is 9.85. The molecule has 0 amide bonds. The summed E-state index contributed by atoms with van der Waals surface area (Å²) in [7, 11) is 3.40. The fraction of sp³-hybridized carbons (Fsp3) is 0.500. The van der Waals surface area contributed by atoms with Crippen LogP contribution in [-0.4, -0.2) is 31.6 Å². The third-order valence-corrected chi connectivity index (χ3v) is 3.60. The zero-order valence-electron chi connectivity index (χ0n) is 10.7. The highest BCUT2D eigenvalue weighted by Gasteiger charge is 2.35. The number of methoxy groups -OCH3 is 1. The van der Waals surface area contributed by atoms with Gasteiger partial charge in [-0.15, -0.1) is 0 Å². The van der Waals surface area contributed by atoms with Crippen LogP contribution in [0.3, 0.4) is 0 Å². The van der Waals surface area contributed by atoms with Crippen molar-refractivity contribution in [1.29, 1.82) is 0 Å². The van der Waals surface area contributed by atoms with Gasteiger partial charge in [-0.1, -0.05) is 12.1 Å². The Hall–Kier alpha value is -1.42. The predicted molar refractivity (Wildman–Crippen MR) is 66.5 cm³/mol. The van der Waals surface area contributed by atoms with Gasteiger partial charge in [0.15, 0.2) is 0 Å². The molecule has 0 bridgehead atoms. The summed E-state index contributed by atoms with van der Waals surface area (Å²) in [6.45, 7) is 0.940. The third kappa shape index (κ3) is 2.53. The molecule has 2 rings (SSSR count). The Morgan fingerprint density at radius 1 is 1.39 bits per heavy atom. The highest BCUT2D eigenvalue weighted by Crippen LogP contribution is 2.35. The summed E-state index contributed by atoms with van der Waals surface area (Å²) in [5, 5.41) is 0. The summed E-state index contributed by atoms with van der Waals surface area (Å²) in [4.78, 5) is 14.0. The maximum absolute atomic E-state index is 13.0. The summed E-state index contributed by atoms with van der Waals surface area (Å²) in [6, 6.07) is 6.35. The van der Waals surface area contributed by atoms with Crippen molar-refractivity contribution in [3.63, 3.8) is 0 Å². The van der Waals surface area contributed by atoms with Crippen LogP contribution in [0.25, 0.3) is 0 Å². The van der Waals surface area contributed by atoms with Gasteiger partial charge in [-0.2, -0.15) is 0 Å². The van der Waals surface area contributed by atoms with E-state index in [-0.39, 0.29) is 23.7 Å². The van der Waals surface area contributed by atoms with E-state index >= 15 is 0 Å². The lowest BCUT2D eigenvalue weighted by Gasteiger charge is -2.38. The Morgan fingerprint density at radius 2 is 2.06 bits per heavy atom. The maximum Gasteiger partial charge on any atom is 0.310 e. The average Bonchev–Trinajstić information content (AvgIpc) is 2.39. The van der Waals surface area contributed by atoms with Crippen LogP contribution in [-0.2, 0) is 9.53 Å². The van der Waals surface area contributed by atoms with Crippen molar-refractivity contribution in [2.75, 3.05) is 20.7 Å². The molecular weight excluding hydrogens is 233 g/mol. The average molecular weight is 251 g/mol. The molecule has 0 N–H and O–H groups in total. The number of piperidine rings is 1. The van der Waals surface area contributed by atoms with Gasteiger partial charge >= 0.3 is 5.97 Å². The van der Waals surface area contributed by atoms with Crippen LogP contribution in [0.5, 0.6) is 0 Å². The Labute approximate surface area is 107 Å². The number of likely N-dealkylation sites (tertiary alicyclic amines) is 1. The molecular formula is C14H18FNO2. The van der Waals surface area contributed by atoms with E-state index in [0.717, 1.165) is 24.9 Å². The largest absolute Gasteiger partial charge is 0.469 e. The molecule has 1 aromatic rings. The number of carbonyl (C=O) groups is 1. The minimum atomic E-state index is -0.258. The van der Waals surface area contributed by atoms with Gasteiger partial charge in [0.1, 0.15) is 5.82 Å². The number of hydrogen-bond acceptors (Lipinski definition) is 3. The number of hydrogen-bond donors (Lipinski definition) is 0. The summed E-state index contributed by atoms with van der Waals surface area (Å²) >= 11 is 0. The normalized spacial score (nSPS) is 24.8. The smallest absolute Gasteiger partial charge is 0.310 e. The van der Waals surface area contributed by atoms with Gasteiger partial charge in [0.2, 0.25) is 0 Å². The second-order valence-corrected chi connectivity index (χ2v) is 4.75. The van der Waals surface area contributed by atoms with Crippen LogP contribution in [0, 0.1) is 11.7 Å². The van der Waals surface area contributed by atoms with Crippen molar-refractivity contribution in [3.05, 3.63) is 35.6 Å². The first kappa shape index (κ1) is 13.0. The topological polar surface area (TPSA) is 29.5 Å². The standard InChI is InChI=1S/C14H18FNO2/c1-16-9-3-4-12(14(17)18-2)13(16)10-5-7-11(15)8-6-10/h5-8,12-13H,3-4,9H2,1-2H3/t12-,13+/m0/s1. The van der Waals surface area contributed by atoms with E-state index in [1.165, 1.54) is 19.2 Å². The quantitative estimate of drug-likeness (QED) is 0.756. The van der Waals surface area contributed by atoms with Crippen molar-refractivity contribution in [2.24, 2.45) is 5.92 Å². The highest BCUT2D eigenvalue weighted by atomic mass is 19.1. The lowest BCUT2D eigenvalue weighted by Crippen LogP contribution is -2.40. The Morgan fingerprint density at radius 3 is 2.67 bits per heavy atom. The van der Waals surface area contributed by atoms with Crippen molar-refractivity contribution < 1.29 is 13.9 Å². The lowest BCUT2D eigenvalue weighted by molar-refractivity contribution is -0.149. The zero-order valence-corrected chi connectivity index (χ0v) is 10.7. The molecule has 0 spiro atoms. The summed E-state index contributed by atoms with van der Waals surface area (Å²) in [5.74, 6) is -0.609. The number of esters is 1. The molecule has 1 aliphatic heterocycles. The molecule has 0 aliphatic carbocycles. The molecule has 3 nitrogen and oxygen atoms in total. The molecule has 0 unspecified atom stereocenters. The SMILES string of the molecule is COC(=O)[C@H]1CCCN(C)[C@@H]1c1ccc(F)cc1. The van der Waals surface area contributed by atoms with Crippen LogP contribution in [0.1, 0.15) is 24.4 Å². The van der Waals surface area contributed by atoms with Gasteiger partial charge in [-0.05, 0) is 44.1 Å². The first-order chi connectivity index (χ1) is 8.63. The Balaban J connectivity index is 2.29. The van der Waals surface area contributed by atoms with E-state index in [0.29, 0.717) is 0 Å². The van der Waals surface area contributed by atoms with Gasteiger partial charge in [0.25, 0.3) is 0 Å². The van der Waals surface area contributed by atoms with E-state index in [4.69, 9.17) is 4.74 Å². The van der Waals surface area contributed by atoms with Crippen molar-refractivity contribution in [3.8, 4) is 0 Å². The van der Waals surface area contributed by atoms with E-state index < -0.39 is 0 Å². The molecule has 0 radical (unpaired) electrons. The molecule has 0 aromatic heterocycles. The van der Waals surface area contributed by atoms with Crippen molar-refractivity contribution >= 4 is 5.97 Å². The van der Waals surface area contributed by atoms with Gasteiger partial charge in [-0.3, -0.25) is 9.69 Å². The highest BCUT2D eigenvalue weighted by molar-refractivity contribution is 5.73. The summed E-state index contributed by atoms with van der Waals surface area (Å²) < 4.78 is 17.8. The van der Waals surface area contributed by atoms with E-state index in [1.54, 1.807) is 12.1 Å². The minimum absolute atomic E-state index is 0.0215. The number of halogens is 1. The van der Waals surface area contributed by atoms with Gasteiger partial charge in [-0.25, -0.2) is 4.39 Å². The first-order valence-electron chi connectivity index (χ1n) is 6.17. The summed E-state index contributed by atoms with van der Waals surface area (Å²) in [6.07, 6.45) is 1.80. The van der Waals surface area contributed by atoms with E-state index in [2.05, 4.69) is 4.90 Å². The molecule has 1 aliphatic rings. The van der Waals surface area contributed by atoms with Crippen molar-refractivity contribution in [1.82, 2.24) is 4.90 Å². The molecule has 18 heavy (non-hydrogen) atoms. The van der Waals surface area contributed by atoms with E-state index in [9.17, 15) is 9.18 Å². The van der Waals surface area contributed by atoms with Crippen LogP contribution in [0.2, 0.25) is 0 Å².